The minimum absolute atomic E-state index is 0.0560. The Balaban J connectivity index is 1.89. The summed E-state index contributed by atoms with van der Waals surface area (Å²) in [4.78, 5) is 23.9. The van der Waals surface area contributed by atoms with E-state index in [1.165, 1.54) is 12.1 Å². The summed E-state index contributed by atoms with van der Waals surface area (Å²) in [7, 11) is 0. The number of halogens is 3. The van der Waals surface area contributed by atoms with E-state index in [1.54, 1.807) is 6.08 Å². The molecule has 1 aliphatic carbocycles. The van der Waals surface area contributed by atoms with E-state index < -0.39 is 11.7 Å². The molecule has 0 spiro atoms. The minimum Gasteiger partial charge on any atom is -0.463 e. The van der Waals surface area contributed by atoms with Crippen LogP contribution in [0.3, 0.4) is 0 Å². The molecule has 0 aliphatic heterocycles. The Morgan fingerprint density at radius 1 is 1.19 bits per heavy atom. The second-order valence-corrected chi connectivity index (χ2v) is 8.45. The predicted molar refractivity (Wildman–Crippen MR) is 115 cm³/mol. The van der Waals surface area contributed by atoms with E-state index in [1.807, 2.05) is 39.0 Å². The summed E-state index contributed by atoms with van der Waals surface area (Å²) in [5, 5.41) is 0. The highest BCUT2D eigenvalue weighted by Crippen LogP contribution is 2.38. The molecule has 1 aromatic rings. The Morgan fingerprint density at radius 2 is 1.87 bits per heavy atom. The number of hydrogen-bond acceptors (Lipinski definition) is 3. The van der Waals surface area contributed by atoms with E-state index in [2.05, 4.69) is 0 Å². The molecule has 0 heterocycles. The van der Waals surface area contributed by atoms with Gasteiger partial charge in [-0.15, -0.1) is 0 Å². The SMILES string of the molecule is CC(C)OC(=O)CCC/C=C\C[C@H]1C(=O)C[C@@H](C)[C@@H]1/C=C/c1ccc(C(F)(F)F)cc1. The molecule has 1 aromatic carbocycles. The van der Waals surface area contributed by atoms with Crippen molar-refractivity contribution in [2.75, 3.05) is 0 Å². The van der Waals surface area contributed by atoms with Crippen LogP contribution >= 0.6 is 0 Å². The van der Waals surface area contributed by atoms with Gasteiger partial charge in [-0.25, -0.2) is 0 Å². The molecule has 0 aromatic heterocycles. The molecular weight excluding hydrogens is 405 g/mol. The molecule has 6 heteroatoms. The molecule has 0 radical (unpaired) electrons. The van der Waals surface area contributed by atoms with Crippen LogP contribution in [0.2, 0.25) is 0 Å². The Hall–Kier alpha value is -2.37. The van der Waals surface area contributed by atoms with Crippen LogP contribution in [0.15, 0.2) is 42.5 Å². The lowest BCUT2D eigenvalue weighted by molar-refractivity contribution is -0.147. The van der Waals surface area contributed by atoms with Crippen LogP contribution in [0.4, 0.5) is 13.2 Å². The number of allylic oxidation sites excluding steroid dienone is 3. The first kappa shape index (κ1) is 24.9. The third kappa shape index (κ3) is 8.00. The van der Waals surface area contributed by atoms with Crippen molar-refractivity contribution in [2.24, 2.45) is 17.8 Å². The van der Waals surface area contributed by atoms with Gasteiger partial charge >= 0.3 is 12.1 Å². The van der Waals surface area contributed by atoms with Crippen molar-refractivity contribution in [1.82, 2.24) is 0 Å². The average molecular weight is 437 g/mol. The molecule has 0 unspecified atom stereocenters. The smallest absolute Gasteiger partial charge is 0.416 e. The molecule has 3 atom stereocenters. The molecule has 2 rings (SSSR count). The lowest BCUT2D eigenvalue weighted by Gasteiger charge is -2.16. The summed E-state index contributed by atoms with van der Waals surface area (Å²) < 4.78 is 43.2. The van der Waals surface area contributed by atoms with E-state index >= 15 is 0 Å². The van der Waals surface area contributed by atoms with Crippen molar-refractivity contribution in [3.8, 4) is 0 Å². The van der Waals surface area contributed by atoms with Crippen LogP contribution in [0.25, 0.3) is 6.08 Å². The largest absolute Gasteiger partial charge is 0.463 e. The number of ether oxygens (including phenoxy) is 1. The van der Waals surface area contributed by atoms with Gasteiger partial charge in [0.25, 0.3) is 0 Å². The standard InChI is InChI=1S/C25H31F3O3/c1-17(2)31-24(30)9-7-5-4-6-8-22-21(18(3)16-23(22)29)15-12-19-10-13-20(14-11-19)25(26,27)28/h4,6,10-15,17-18,21-22H,5,7-9,16H2,1-3H3/b6-4-,15-12+/t18-,21+,22-/m1/s1. The number of carbonyl (C=O) groups excluding carboxylic acids is 2. The van der Waals surface area contributed by atoms with Crippen molar-refractivity contribution >= 4 is 17.8 Å². The molecule has 0 bridgehead atoms. The number of alkyl halides is 3. The zero-order valence-corrected chi connectivity index (χ0v) is 18.3. The minimum atomic E-state index is -4.35. The van der Waals surface area contributed by atoms with Crippen LogP contribution in [-0.2, 0) is 20.5 Å². The number of ketones is 1. The van der Waals surface area contributed by atoms with Gasteiger partial charge in [0.05, 0.1) is 11.7 Å². The number of rotatable bonds is 9. The highest BCUT2D eigenvalue weighted by Gasteiger charge is 2.37. The monoisotopic (exact) mass is 436 g/mol. The molecular formula is C25H31F3O3. The van der Waals surface area contributed by atoms with Gasteiger partial charge in [-0.05, 0) is 62.6 Å². The number of Topliss-reactive ketones (excluding diaryl/α,β-unsaturated/α-hetero) is 1. The highest BCUT2D eigenvalue weighted by molar-refractivity contribution is 5.84. The molecule has 1 saturated carbocycles. The van der Waals surface area contributed by atoms with Crippen molar-refractivity contribution in [1.29, 1.82) is 0 Å². The summed E-state index contributed by atoms with van der Waals surface area (Å²) in [6.07, 6.45) is 6.26. The number of carbonyl (C=O) groups is 2. The topological polar surface area (TPSA) is 43.4 Å². The maximum absolute atomic E-state index is 12.7. The fourth-order valence-corrected chi connectivity index (χ4v) is 3.88. The quantitative estimate of drug-likeness (QED) is 0.248. The van der Waals surface area contributed by atoms with Gasteiger partial charge in [0.15, 0.2) is 0 Å². The van der Waals surface area contributed by atoms with Crippen LogP contribution in [0.5, 0.6) is 0 Å². The van der Waals surface area contributed by atoms with Crippen LogP contribution < -0.4 is 0 Å². The number of esters is 1. The number of benzene rings is 1. The second-order valence-electron chi connectivity index (χ2n) is 8.45. The van der Waals surface area contributed by atoms with Gasteiger partial charge < -0.3 is 4.74 Å². The van der Waals surface area contributed by atoms with Gasteiger partial charge in [0, 0.05) is 18.8 Å². The summed E-state index contributed by atoms with van der Waals surface area (Å²) in [5.74, 6) is 0.155. The molecule has 0 amide bonds. The molecule has 0 N–H and O–H groups in total. The van der Waals surface area contributed by atoms with E-state index in [0.717, 1.165) is 18.6 Å². The summed E-state index contributed by atoms with van der Waals surface area (Å²) in [6, 6.07) is 5.03. The second kappa shape index (κ2) is 11.3. The van der Waals surface area contributed by atoms with E-state index in [4.69, 9.17) is 4.74 Å². The summed E-state index contributed by atoms with van der Waals surface area (Å²) in [6.45, 7) is 5.67. The Morgan fingerprint density at radius 3 is 2.48 bits per heavy atom. The first-order valence-electron chi connectivity index (χ1n) is 10.8. The Kier molecular flexibility index (Phi) is 9.08. The van der Waals surface area contributed by atoms with Crippen molar-refractivity contribution < 1.29 is 27.5 Å². The number of hydrogen-bond donors (Lipinski definition) is 0. The highest BCUT2D eigenvalue weighted by atomic mass is 19.4. The van der Waals surface area contributed by atoms with Crippen molar-refractivity contribution in [3.05, 3.63) is 53.6 Å². The van der Waals surface area contributed by atoms with E-state index in [9.17, 15) is 22.8 Å². The maximum Gasteiger partial charge on any atom is 0.416 e. The Labute approximate surface area is 182 Å². The van der Waals surface area contributed by atoms with Crippen LogP contribution in [0, 0.1) is 17.8 Å². The van der Waals surface area contributed by atoms with Gasteiger partial charge in [-0.2, -0.15) is 13.2 Å². The average Bonchev–Trinajstić information content (AvgIpc) is 2.94. The van der Waals surface area contributed by atoms with Gasteiger partial charge in [-0.1, -0.05) is 43.4 Å². The van der Waals surface area contributed by atoms with E-state index in [-0.39, 0.29) is 35.6 Å². The first-order valence-corrected chi connectivity index (χ1v) is 10.8. The fraction of sp³-hybridized carbons (Fsp3) is 0.520. The van der Waals surface area contributed by atoms with Crippen LogP contribution in [0.1, 0.15) is 64.0 Å². The molecule has 31 heavy (non-hydrogen) atoms. The first-order chi connectivity index (χ1) is 14.6. The predicted octanol–water partition coefficient (Wildman–Crippen LogP) is 6.63. The van der Waals surface area contributed by atoms with Gasteiger partial charge in [-0.3, -0.25) is 9.59 Å². The normalized spacial score (nSPS) is 22.2. The summed E-state index contributed by atoms with van der Waals surface area (Å²) in [5.41, 5.74) is 0.0108. The molecule has 0 saturated heterocycles. The zero-order valence-electron chi connectivity index (χ0n) is 18.3. The molecule has 1 aliphatic rings. The number of unbranched alkanes of at least 4 members (excludes halogenated alkanes) is 1. The van der Waals surface area contributed by atoms with Crippen molar-refractivity contribution in [2.45, 2.75) is 65.2 Å². The third-order valence-electron chi connectivity index (χ3n) is 5.48. The van der Waals surface area contributed by atoms with Crippen molar-refractivity contribution in [3.63, 3.8) is 0 Å². The van der Waals surface area contributed by atoms with E-state index in [0.29, 0.717) is 31.2 Å². The zero-order chi connectivity index (χ0) is 23.0. The lowest BCUT2D eigenvalue weighted by Crippen LogP contribution is -2.14. The van der Waals surface area contributed by atoms with Crippen LogP contribution in [-0.4, -0.2) is 17.9 Å². The maximum atomic E-state index is 12.7. The molecule has 170 valence electrons. The summed E-state index contributed by atoms with van der Waals surface area (Å²) >= 11 is 0. The third-order valence-corrected chi connectivity index (χ3v) is 5.48. The van der Waals surface area contributed by atoms with Gasteiger partial charge in [0.2, 0.25) is 0 Å². The fourth-order valence-electron chi connectivity index (χ4n) is 3.88. The Bertz CT molecular complexity index is 791. The molecule has 3 nitrogen and oxygen atoms in total. The van der Waals surface area contributed by atoms with Gasteiger partial charge in [0.1, 0.15) is 5.78 Å². The molecule has 1 fully saturated rings. The lowest BCUT2D eigenvalue weighted by atomic mass is 9.87.